The minimum absolute atomic E-state index is 0.169. The molecule has 0 bridgehead atoms. The first-order valence-electron chi connectivity index (χ1n) is 8.91. The highest BCUT2D eigenvalue weighted by Gasteiger charge is 2.29. The lowest BCUT2D eigenvalue weighted by Gasteiger charge is -2.35. The molecule has 0 spiro atoms. The van der Waals surface area contributed by atoms with Crippen LogP contribution in [0.1, 0.15) is 46.1 Å². The number of piperidine rings is 1. The molecule has 1 saturated heterocycles. The van der Waals surface area contributed by atoms with E-state index in [4.69, 9.17) is 4.74 Å². The van der Waals surface area contributed by atoms with Crippen molar-refractivity contribution in [3.8, 4) is 0 Å². The van der Waals surface area contributed by atoms with Crippen LogP contribution in [0.2, 0.25) is 0 Å². The van der Waals surface area contributed by atoms with Crippen LogP contribution in [0.3, 0.4) is 0 Å². The van der Waals surface area contributed by atoms with Gasteiger partial charge in [-0.1, -0.05) is 30.3 Å². The topological polar surface area (TPSA) is 58.6 Å². The maximum absolute atomic E-state index is 12.2. The fraction of sp³-hybridized carbons (Fsp3) is 0.632. The van der Waals surface area contributed by atoms with Gasteiger partial charge in [0.25, 0.3) is 0 Å². The van der Waals surface area contributed by atoms with Crippen molar-refractivity contribution in [3.63, 3.8) is 0 Å². The zero-order chi connectivity index (χ0) is 18.4. The van der Waals surface area contributed by atoms with Crippen molar-refractivity contribution in [1.29, 1.82) is 0 Å². The van der Waals surface area contributed by atoms with Crippen molar-refractivity contribution >= 4 is 17.1 Å². The number of hydrogen-bond acceptors (Lipinski definition) is 3. The number of amides is 1. The smallest absolute Gasteiger partial charge is 0.410 e. The number of benzene rings is 1. The van der Waals surface area contributed by atoms with E-state index in [0.717, 1.165) is 18.4 Å². The zero-order valence-corrected chi connectivity index (χ0v) is 16.5. The van der Waals surface area contributed by atoms with Gasteiger partial charge in [0.2, 0.25) is 0 Å². The second kappa shape index (κ2) is 8.81. The molecule has 1 heterocycles. The third kappa shape index (κ3) is 6.12. The van der Waals surface area contributed by atoms with Crippen LogP contribution in [-0.2, 0) is 22.3 Å². The summed E-state index contributed by atoms with van der Waals surface area (Å²) >= 11 is 0. The van der Waals surface area contributed by atoms with Crippen LogP contribution in [0.5, 0.6) is 0 Å². The van der Waals surface area contributed by atoms with Crippen LogP contribution in [0, 0.1) is 5.92 Å². The first-order valence-corrected chi connectivity index (χ1v) is 10.1. The molecule has 140 valence electrons. The summed E-state index contributed by atoms with van der Waals surface area (Å²) in [6.45, 7) is 9.66. The van der Waals surface area contributed by atoms with Crippen molar-refractivity contribution in [1.82, 2.24) is 9.62 Å². The van der Waals surface area contributed by atoms with E-state index in [0.29, 0.717) is 25.6 Å². The van der Waals surface area contributed by atoms with Crippen molar-refractivity contribution in [2.24, 2.45) is 5.92 Å². The van der Waals surface area contributed by atoms with E-state index in [-0.39, 0.29) is 16.9 Å². The summed E-state index contributed by atoms with van der Waals surface area (Å²) in [5.74, 6) is 0.421. The molecule has 1 fully saturated rings. The van der Waals surface area contributed by atoms with Crippen LogP contribution in [0.25, 0.3) is 0 Å². The Morgan fingerprint density at radius 3 is 2.44 bits per heavy atom. The van der Waals surface area contributed by atoms with Gasteiger partial charge in [-0.2, -0.15) is 0 Å². The number of hydrogen-bond donors (Lipinski definition) is 1. The van der Waals surface area contributed by atoms with Gasteiger partial charge in [0.15, 0.2) is 0 Å². The number of nitrogens with one attached hydrogen (secondary N) is 1. The highest BCUT2D eigenvalue weighted by atomic mass is 32.2. The quantitative estimate of drug-likeness (QED) is 0.868. The number of rotatable bonds is 5. The average molecular weight is 367 g/mol. The van der Waals surface area contributed by atoms with Crippen molar-refractivity contribution in [3.05, 3.63) is 35.9 Å². The van der Waals surface area contributed by atoms with Crippen LogP contribution in [-0.4, -0.2) is 39.1 Å². The zero-order valence-electron chi connectivity index (χ0n) is 15.7. The molecule has 5 nitrogen and oxygen atoms in total. The highest BCUT2D eigenvalue weighted by Crippen LogP contribution is 2.22. The number of ether oxygens (including phenoxy) is 1. The van der Waals surface area contributed by atoms with Gasteiger partial charge < -0.3 is 9.64 Å². The molecule has 1 N–H and O–H groups in total. The SMILES string of the molecule is C[C@H](NS(=O)C(C)(C)C)C1CCN(C(=O)OCc2ccccc2)CC1. The van der Waals surface area contributed by atoms with Gasteiger partial charge >= 0.3 is 6.09 Å². The summed E-state index contributed by atoms with van der Waals surface area (Å²) in [5.41, 5.74) is 0.994. The van der Waals surface area contributed by atoms with Crippen molar-refractivity contribution in [2.45, 2.75) is 57.9 Å². The minimum atomic E-state index is -1.07. The summed E-state index contributed by atoms with van der Waals surface area (Å²) in [6, 6.07) is 9.87. The molecular weight excluding hydrogens is 336 g/mol. The summed E-state index contributed by atoms with van der Waals surface area (Å²) in [6.07, 6.45) is 1.55. The molecular formula is C19H30N2O3S. The molecule has 6 heteroatoms. The molecule has 0 aliphatic carbocycles. The van der Waals surface area contributed by atoms with Gasteiger partial charge in [-0.05, 0) is 52.0 Å². The van der Waals surface area contributed by atoms with E-state index < -0.39 is 11.0 Å². The summed E-state index contributed by atoms with van der Waals surface area (Å²) in [4.78, 5) is 14.0. The van der Waals surface area contributed by atoms with Gasteiger partial charge in [-0.15, -0.1) is 0 Å². The molecule has 1 aromatic carbocycles. The first-order chi connectivity index (χ1) is 11.8. The largest absolute Gasteiger partial charge is 0.445 e. The Labute approximate surface area is 153 Å². The second-order valence-corrected chi connectivity index (χ2v) is 9.65. The Hall–Kier alpha value is -1.40. The van der Waals surface area contributed by atoms with Gasteiger partial charge in [0.1, 0.15) is 6.61 Å². The molecule has 0 radical (unpaired) electrons. The lowest BCUT2D eigenvalue weighted by molar-refractivity contribution is 0.0798. The molecule has 1 aromatic rings. The Kier molecular flexibility index (Phi) is 7.02. The fourth-order valence-electron chi connectivity index (χ4n) is 2.83. The Bertz CT molecular complexity index is 578. The van der Waals surface area contributed by atoms with Crippen molar-refractivity contribution < 1.29 is 13.7 Å². The van der Waals surface area contributed by atoms with E-state index in [1.54, 1.807) is 4.90 Å². The monoisotopic (exact) mass is 366 g/mol. The third-order valence-electron chi connectivity index (χ3n) is 4.56. The van der Waals surface area contributed by atoms with Crippen molar-refractivity contribution in [2.75, 3.05) is 13.1 Å². The Morgan fingerprint density at radius 1 is 1.28 bits per heavy atom. The molecule has 1 aliphatic heterocycles. The average Bonchev–Trinajstić information content (AvgIpc) is 2.59. The molecule has 0 saturated carbocycles. The Morgan fingerprint density at radius 2 is 1.88 bits per heavy atom. The highest BCUT2D eigenvalue weighted by molar-refractivity contribution is 7.84. The van der Waals surface area contributed by atoms with E-state index >= 15 is 0 Å². The molecule has 2 rings (SSSR count). The number of carbonyl (C=O) groups is 1. The van der Waals surface area contributed by atoms with Crippen LogP contribution in [0.15, 0.2) is 30.3 Å². The molecule has 1 amide bonds. The molecule has 25 heavy (non-hydrogen) atoms. The maximum Gasteiger partial charge on any atom is 0.410 e. The van der Waals surface area contributed by atoms with Gasteiger partial charge in [0.05, 0.1) is 15.7 Å². The molecule has 1 aliphatic rings. The lowest BCUT2D eigenvalue weighted by atomic mass is 9.91. The summed E-state index contributed by atoms with van der Waals surface area (Å²) < 4.78 is 20.6. The van der Waals surface area contributed by atoms with E-state index in [9.17, 15) is 9.00 Å². The van der Waals surface area contributed by atoms with Gasteiger partial charge in [0, 0.05) is 19.1 Å². The van der Waals surface area contributed by atoms with Crippen LogP contribution < -0.4 is 4.72 Å². The van der Waals surface area contributed by atoms with Gasteiger partial charge in [-0.25, -0.2) is 13.7 Å². The number of likely N-dealkylation sites (tertiary alicyclic amines) is 1. The Balaban J connectivity index is 1.75. The van der Waals surface area contributed by atoms with Crippen LogP contribution in [0.4, 0.5) is 4.79 Å². The third-order valence-corrected chi connectivity index (χ3v) is 6.26. The molecule has 2 atom stereocenters. The minimum Gasteiger partial charge on any atom is -0.445 e. The summed E-state index contributed by atoms with van der Waals surface area (Å²) in [5, 5.41) is 0. The maximum atomic E-state index is 12.2. The fourth-order valence-corrected chi connectivity index (χ4v) is 3.72. The first kappa shape index (κ1) is 19.9. The summed E-state index contributed by atoms with van der Waals surface area (Å²) in [7, 11) is -1.07. The molecule has 0 aromatic heterocycles. The standard InChI is InChI=1S/C19H30N2O3S/c1-15(20-25(23)19(2,3)4)17-10-12-21(13-11-17)18(22)24-14-16-8-6-5-7-9-16/h5-9,15,17,20H,10-14H2,1-4H3/t15-,25?/m0/s1. The van der Waals surface area contributed by atoms with Crippen LogP contribution >= 0.6 is 0 Å². The normalized spacial score (nSPS) is 18.6. The molecule has 1 unspecified atom stereocenters. The predicted octanol–water partition coefficient (Wildman–Crippen LogP) is 3.48. The predicted molar refractivity (Wildman–Crippen MR) is 101 cm³/mol. The lowest BCUT2D eigenvalue weighted by Crippen LogP contribution is -2.46. The van der Waals surface area contributed by atoms with E-state index in [1.807, 2.05) is 51.1 Å². The van der Waals surface area contributed by atoms with E-state index in [2.05, 4.69) is 11.6 Å². The number of nitrogens with zero attached hydrogens (tertiary/aromatic N) is 1. The second-order valence-electron chi connectivity index (χ2n) is 7.65. The number of carbonyl (C=O) groups excluding carboxylic acids is 1. The van der Waals surface area contributed by atoms with E-state index in [1.165, 1.54) is 0 Å². The van der Waals surface area contributed by atoms with Gasteiger partial charge in [-0.3, -0.25) is 0 Å².